The number of amides is 1. The number of anilines is 1. The number of sulfonamides is 1. The third kappa shape index (κ3) is 7.69. The molecule has 14 nitrogen and oxygen atoms in total. The van der Waals surface area contributed by atoms with Crippen molar-refractivity contribution in [2.24, 2.45) is 0 Å². The first-order valence-corrected chi connectivity index (χ1v) is 20.9. The molecule has 0 atom stereocenters. The summed E-state index contributed by atoms with van der Waals surface area (Å²) in [4.78, 5) is 45.5. The normalized spacial score (nSPS) is 15.1. The van der Waals surface area contributed by atoms with Gasteiger partial charge in [-0.1, -0.05) is 23.4 Å². The van der Waals surface area contributed by atoms with Gasteiger partial charge in [-0.05, 0) is 51.0 Å². The average molecular weight is 810 g/mol. The van der Waals surface area contributed by atoms with Gasteiger partial charge in [-0.25, -0.2) is 23.1 Å². The zero-order valence-electron chi connectivity index (χ0n) is 30.6. The third-order valence-corrected chi connectivity index (χ3v) is 12.6. The SMILES string of the molecule is CCN(c1ncc2nc(C)n(CC#Cc3ccc(Cl)cc3-c3ccnc4c(C(=O)NS(=O)(=O)CCC#N)csc34)c(=O)c2c1C#N)C1CCN(C2COC2)CC1. The maximum Gasteiger partial charge on any atom is 0.267 e. The summed E-state index contributed by atoms with van der Waals surface area (Å²) >= 11 is 7.67. The lowest BCUT2D eigenvalue weighted by atomic mass is 10.00. The highest BCUT2D eigenvalue weighted by atomic mass is 35.5. The number of rotatable bonds is 10. The zero-order chi connectivity index (χ0) is 39.6. The van der Waals surface area contributed by atoms with E-state index in [1.807, 2.05) is 11.6 Å². The second-order valence-corrected chi connectivity index (χ2v) is 16.6. The number of benzene rings is 1. The summed E-state index contributed by atoms with van der Waals surface area (Å²) in [7, 11) is -4.02. The van der Waals surface area contributed by atoms with Crippen LogP contribution in [0, 0.1) is 41.4 Å². The third-order valence-electron chi connectivity index (χ3n) is 10.1. The molecule has 56 heavy (non-hydrogen) atoms. The molecule has 2 fully saturated rings. The summed E-state index contributed by atoms with van der Waals surface area (Å²) in [5, 5.41) is 21.4. The van der Waals surface area contributed by atoms with E-state index < -0.39 is 21.7 Å². The molecule has 0 spiro atoms. The summed E-state index contributed by atoms with van der Waals surface area (Å²) in [5.41, 5.74) is 2.41. The first-order chi connectivity index (χ1) is 27.0. The molecule has 4 aromatic heterocycles. The topological polar surface area (TPSA) is 187 Å². The number of ether oxygens (including phenoxy) is 1. The molecule has 0 aliphatic carbocycles. The Kier molecular flexibility index (Phi) is 11.4. The zero-order valence-corrected chi connectivity index (χ0v) is 33.0. The number of carbonyl (C=O) groups excluding carboxylic acids is 1. The minimum Gasteiger partial charge on any atom is -0.378 e. The van der Waals surface area contributed by atoms with Crippen LogP contribution >= 0.6 is 22.9 Å². The van der Waals surface area contributed by atoms with Crippen molar-refractivity contribution in [2.75, 3.05) is 43.5 Å². The fourth-order valence-electron chi connectivity index (χ4n) is 7.19. The first-order valence-electron chi connectivity index (χ1n) is 18.0. The fraction of sp³-hybridized carbons (Fsp3) is 0.359. The van der Waals surface area contributed by atoms with Gasteiger partial charge in [0.05, 0.1) is 76.9 Å². The Bertz CT molecular complexity index is 2680. The maximum absolute atomic E-state index is 14.2. The number of aromatic nitrogens is 4. The van der Waals surface area contributed by atoms with Crippen molar-refractivity contribution in [2.45, 2.75) is 51.7 Å². The van der Waals surface area contributed by atoms with Crippen LogP contribution in [0.3, 0.4) is 0 Å². The molecular formula is C39H36ClN9O5S2. The Morgan fingerprint density at radius 3 is 2.64 bits per heavy atom. The van der Waals surface area contributed by atoms with Gasteiger partial charge in [0, 0.05) is 59.0 Å². The summed E-state index contributed by atoms with van der Waals surface area (Å²) in [6.07, 6.45) is 4.65. The number of pyridine rings is 2. The Hall–Kier alpha value is -5.41. The molecule has 2 saturated heterocycles. The van der Waals surface area contributed by atoms with Gasteiger partial charge in [-0.2, -0.15) is 10.5 Å². The van der Waals surface area contributed by atoms with Crippen LogP contribution in [-0.2, 0) is 21.3 Å². The molecule has 1 N–H and O–H groups in total. The van der Waals surface area contributed by atoms with Crippen molar-refractivity contribution < 1.29 is 17.9 Å². The minimum atomic E-state index is -4.02. The van der Waals surface area contributed by atoms with Crippen LogP contribution < -0.4 is 15.2 Å². The van der Waals surface area contributed by atoms with Crippen molar-refractivity contribution >= 4 is 65.8 Å². The average Bonchev–Trinajstić information content (AvgIpc) is 3.61. The van der Waals surface area contributed by atoms with Gasteiger partial charge in [0.2, 0.25) is 10.0 Å². The molecule has 0 unspecified atom stereocenters. The Labute approximate surface area is 332 Å². The highest BCUT2D eigenvalue weighted by Crippen LogP contribution is 2.37. The van der Waals surface area contributed by atoms with Gasteiger partial charge in [-0.15, -0.1) is 11.3 Å². The number of thiophene rings is 1. The monoisotopic (exact) mass is 809 g/mol. The van der Waals surface area contributed by atoms with Gasteiger partial charge in [0.25, 0.3) is 11.5 Å². The quantitative estimate of drug-likeness (QED) is 0.193. The number of hydrogen-bond donors (Lipinski definition) is 1. The van der Waals surface area contributed by atoms with E-state index in [0.29, 0.717) is 61.7 Å². The number of nitriles is 2. The predicted molar refractivity (Wildman–Crippen MR) is 214 cm³/mol. The lowest BCUT2D eigenvalue weighted by molar-refractivity contribution is -0.0711. The Balaban J connectivity index is 1.19. The molecule has 6 heterocycles. The van der Waals surface area contributed by atoms with Gasteiger partial charge in [0.15, 0.2) is 0 Å². The van der Waals surface area contributed by atoms with Gasteiger partial charge < -0.3 is 9.64 Å². The van der Waals surface area contributed by atoms with E-state index in [2.05, 4.69) is 42.7 Å². The molecular weight excluding hydrogens is 774 g/mol. The lowest BCUT2D eigenvalue weighted by Crippen LogP contribution is -2.54. The smallest absolute Gasteiger partial charge is 0.267 e. The van der Waals surface area contributed by atoms with Crippen LogP contribution in [0.2, 0.25) is 5.02 Å². The molecule has 1 amide bonds. The van der Waals surface area contributed by atoms with Crippen LogP contribution in [-0.4, -0.2) is 89.4 Å². The second kappa shape index (κ2) is 16.4. The largest absolute Gasteiger partial charge is 0.378 e. The number of hydrogen-bond acceptors (Lipinski definition) is 13. The van der Waals surface area contributed by atoms with E-state index in [1.54, 1.807) is 43.5 Å². The Morgan fingerprint density at radius 2 is 1.95 bits per heavy atom. The standard InChI is InChI=1S/C39H36ClN9O5S2/c1-3-48(27-10-15-47(16-11-27)28-21-54-22-28)37-31(19-42)34-33(20-44-37)45-24(2)49(39(34)51)14-4-6-25-7-8-26(40)18-30(25)29-9-13-43-35-32(23-55-36(29)35)38(50)46-56(52,53)17-5-12-41/h7-9,13,18,20,23,27-28H,3,5,10-11,14-17,21-22H2,1-2H3,(H,46,50). The molecule has 0 bridgehead atoms. The summed E-state index contributed by atoms with van der Waals surface area (Å²) in [5.74, 6) is 5.83. The number of fused-ring (bicyclic) bond motifs is 2. The first kappa shape index (κ1) is 38.8. The van der Waals surface area contributed by atoms with Crippen LogP contribution in [0.15, 0.2) is 46.8 Å². The second-order valence-electron chi connectivity index (χ2n) is 13.5. The minimum absolute atomic E-state index is 0.0195. The highest BCUT2D eigenvalue weighted by Gasteiger charge is 2.33. The molecule has 1 aromatic carbocycles. The molecule has 0 saturated carbocycles. The number of aryl methyl sites for hydroxylation is 1. The van der Waals surface area contributed by atoms with E-state index in [9.17, 15) is 23.3 Å². The summed E-state index contributed by atoms with van der Waals surface area (Å²) in [6, 6.07) is 11.6. The van der Waals surface area contributed by atoms with Gasteiger partial charge in [0.1, 0.15) is 23.3 Å². The number of nitrogens with one attached hydrogen (secondary N) is 1. The molecule has 7 rings (SSSR count). The van der Waals surface area contributed by atoms with Crippen molar-refractivity contribution in [3.8, 4) is 35.1 Å². The molecule has 17 heteroatoms. The van der Waals surface area contributed by atoms with Crippen molar-refractivity contribution in [3.63, 3.8) is 0 Å². The number of likely N-dealkylation sites (tertiary alicyclic amines) is 1. The van der Waals surface area contributed by atoms with E-state index in [-0.39, 0.29) is 41.1 Å². The van der Waals surface area contributed by atoms with E-state index >= 15 is 0 Å². The van der Waals surface area contributed by atoms with E-state index in [1.165, 1.54) is 27.5 Å². The van der Waals surface area contributed by atoms with E-state index in [4.69, 9.17) is 21.6 Å². The van der Waals surface area contributed by atoms with Crippen LogP contribution in [0.25, 0.3) is 32.2 Å². The number of nitrogens with zero attached hydrogens (tertiary/aromatic N) is 8. The summed E-state index contributed by atoms with van der Waals surface area (Å²) in [6.45, 7) is 7.75. The molecule has 2 aliphatic rings. The molecule has 0 radical (unpaired) electrons. The lowest BCUT2D eigenvalue weighted by Gasteiger charge is -2.44. The van der Waals surface area contributed by atoms with E-state index in [0.717, 1.165) is 39.1 Å². The number of piperidine rings is 1. The molecule has 5 aromatic rings. The molecule has 286 valence electrons. The fourth-order valence-corrected chi connectivity index (χ4v) is 9.25. The number of halogens is 1. The predicted octanol–water partition coefficient (Wildman–Crippen LogP) is 4.62. The maximum atomic E-state index is 14.2. The van der Waals surface area contributed by atoms with Crippen molar-refractivity contribution in [1.29, 1.82) is 10.5 Å². The highest BCUT2D eigenvalue weighted by molar-refractivity contribution is 7.90. The molecule has 2 aliphatic heterocycles. The number of carbonyl (C=O) groups is 1. The van der Waals surface area contributed by atoms with Gasteiger partial charge >= 0.3 is 0 Å². The van der Waals surface area contributed by atoms with Crippen LogP contribution in [0.1, 0.15) is 53.5 Å². The van der Waals surface area contributed by atoms with Crippen LogP contribution in [0.5, 0.6) is 0 Å². The van der Waals surface area contributed by atoms with Crippen molar-refractivity contribution in [3.05, 3.63) is 79.9 Å². The summed E-state index contributed by atoms with van der Waals surface area (Å²) < 4.78 is 34.1. The van der Waals surface area contributed by atoms with Crippen molar-refractivity contribution in [1.82, 2.24) is 29.1 Å². The van der Waals surface area contributed by atoms with Crippen LogP contribution in [0.4, 0.5) is 5.82 Å². The Morgan fingerprint density at radius 1 is 1.16 bits per heavy atom. The van der Waals surface area contributed by atoms with Gasteiger partial charge in [-0.3, -0.25) is 24.0 Å².